The first-order valence-corrected chi connectivity index (χ1v) is 5.60. The van der Waals surface area contributed by atoms with E-state index in [2.05, 4.69) is 4.74 Å². The lowest BCUT2D eigenvalue weighted by Gasteiger charge is -2.16. The van der Waals surface area contributed by atoms with Gasteiger partial charge in [-0.2, -0.15) is 0 Å². The summed E-state index contributed by atoms with van der Waals surface area (Å²) in [5.41, 5.74) is 1.08. The third-order valence-corrected chi connectivity index (χ3v) is 2.97. The van der Waals surface area contributed by atoms with E-state index in [0.717, 1.165) is 5.56 Å². The highest BCUT2D eigenvalue weighted by Gasteiger charge is 2.34. The molecule has 0 unspecified atom stereocenters. The molecule has 1 amide bonds. The number of amides is 1. The van der Waals surface area contributed by atoms with Gasteiger partial charge in [-0.3, -0.25) is 9.59 Å². The molecule has 0 aliphatic carbocycles. The summed E-state index contributed by atoms with van der Waals surface area (Å²) in [5, 5.41) is 0. The summed E-state index contributed by atoms with van der Waals surface area (Å²) in [7, 11) is 1.35. The fourth-order valence-electron chi connectivity index (χ4n) is 2.05. The highest BCUT2D eigenvalue weighted by molar-refractivity contribution is 5.86. The minimum absolute atomic E-state index is 0.0178. The predicted molar refractivity (Wildman–Crippen MR) is 62.0 cm³/mol. The van der Waals surface area contributed by atoms with E-state index in [9.17, 15) is 9.59 Å². The molecule has 4 nitrogen and oxygen atoms in total. The Labute approximate surface area is 100 Å². The maximum Gasteiger partial charge on any atom is 0.310 e. The molecule has 17 heavy (non-hydrogen) atoms. The molecular formula is C13H15NO3. The summed E-state index contributed by atoms with van der Waals surface area (Å²) >= 11 is 0. The minimum Gasteiger partial charge on any atom is -0.469 e. The van der Waals surface area contributed by atoms with Crippen molar-refractivity contribution >= 4 is 11.9 Å². The van der Waals surface area contributed by atoms with E-state index in [1.165, 1.54) is 7.11 Å². The van der Waals surface area contributed by atoms with Crippen LogP contribution in [-0.4, -0.2) is 30.4 Å². The number of likely N-dealkylation sites (tertiary alicyclic amines) is 1. The van der Waals surface area contributed by atoms with Crippen LogP contribution in [0.5, 0.6) is 0 Å². The number of carbonyl (C=O) groups is 2. The van der Waals surface area contributed by atoms with Gasteiger partial charge in [-0.1, -0.05) is 30.3 Å². The Morgan fingerprint density at radius 1 is 1.41 bits per heavy atom. The zero-order valence-corrected chi connectivity index (χ0v) is 9.76. The topological polar surface area (TPSA) is 46.6 Å². The first kappa shape index (κ1) is 11.6. The summed E-state index contributed by atoms with van der Waals surface area (Å²) < 4.78 is 4.66. The number of hydrogen-bond acceptors (Lipinski definition) is 3. The summed E-state index contributed by atoms with van der Waals surface area (Å²) in [6, 6.07) is 9.76. The first-order valence-electron chi connectivity index (χ1n) is 5.60. The second-order valence-electron chi connectivity index (χ2n) is 4.18. The number of benzene rings is 1. The molecule has 90 valence electrons. The van der Waals surface area contributed by atoms with E-state index >= 15 is 0 Å². The smallest absolute Gasteiger partial charge is 0.310 e. The van der Waals surface area contributed by atoms with Gasteiger partial charge in [-0.25, -0.2) is 0 Å². The third kappa shape index (κ3) is 2.64. The molecule has 2 rings (SSSR count). The number of rotatable bonds is 3. The van der Waals surface area contributed by atoms with Crippen LogP contribution >= 0.6 is 0 Å². The average molecular weight is 233 g/mol. The molecule has 0 radical (unpaired) electrons. The standard InChI is InChI=1S/C13H15NO3/c1-17-13(16)11-7-12(15)14(9-11)8-10-5-3-2-4-6-10/h2-6,11H,7-9H2,1H3/t11-/m0/s1. The van der Waals surface area contributed by atoms with Gasteiger partial charge in [0.1, 0.15) is 0 Å². The van der Waals surface area contributed by atoms with Gasteiger partial charge in [0.25, 0.3) is 0 Å². The Kier molecular flexibility index (Phi) is 3.42. The van der Waals surface area contributed by atoms with Crippen LogP contribution in [0.1, 0.15) is 12.0 Å². The monoisotopic (exact) mass is 233 g/mol. The molecule has 0 saturated carbocycles. The molecule has 1 aliphatic heterocycles. The Bertz CT molecular complexity index is 416. The molecule has 1 aromatic rings. The second kappa shape index (κ2) is 4.99. The van der Waals surface area contributed by atoms with E-state index in [1.807, 2.05) is 30.3 Å². The maximum atomic E-state index is 11.7. The van der Waals surface area contributed by atoms with E-state index < -0.39 is 0 Å². The summed E-state index contributed by atoms with van der Waals surface area (Å²) in [6.07, 6.45) is 0.263. The van der Waals surface area contributed by atoms with Gasteiger partial charge in [0.2, 0.25) is 5.91 Å². The van der Waals surface area contributed by atoms with Crippen molar-refractivity contribution in [2.75, 3.05) is 13.7 Å². The molecule has 1 atom stereocenters. The highest BCUT2D eigenvalue weighted by atomic mass is 16.5. The van der Waals surface area contributed by atoms with E-state index in [0.29, 0.717) is 13.1 Å². The van der Waals surface area contributed by atoms with Gasteiger partial charge in [0.15, 0.2) is 0 Å². The van der Waals surface area contributed by atoms with Gasteiger partial charge >= 0.3 is 5.97 Å². The molecule has 0 aromatic heterocycles. The molecule has 1 fully saturated rings. The molecule has 0 N–H and O–H groups in total. The first-order chi connectivity index (χ1) is 8.20. The van der Waals surface area contributed by atoms with E-state index in [-0.39, 0.29) is 24.2 Å². The Morgan fingerprint density at radius 2 is 2.12 bits per heavy atom. The average Bonchev–Trinajstić information content (AvgIpc) is 2.71. The Hall–Kier alpha value is -1.84. The molecule has 1 saturated heterocycles. The third-order valence-electron chi connectivity index (χ3n) is 2.97. The van der Waals surface area contributed by atoms with Crippen LogP contribution in [0.15, 0.2) is 30.3 Å². The van der Waals surface area contributed by atoms with Crippen LogP contribution in [0.3, 0.4) is 0 Å². The number of esters is 1. The van der Waals surface area contributed by atoms with E-state index in [4.69, 9.17) is 0 Å². The van der Waals surface area contributed by atoms with Crippen LogP contribution in [0.4, 0.5) is 0 Å². The van der Waals surface area contributed by atoms with Crippen molar-refractivity contribution in [3.05, 3.63) is 35.9 Å². The van der Waals surface area contributed by atoms with Gasteiger partial charge in [-0.05, 0) is 5.56 Å². The number of ether oxygens (including phenoxy) is 1. The number of nitrogens with zero attached hydrogens (tertiary/aromatic N) is 1. The van der Waals surface area contributed by atoms with Gasteiger partial charge in [0, 0.05) is 19.5 Å². The molecule has 0 spiro atoms. The Balaban J connectivity index is 1.99. The van der Waals surface area contributed by atoms with Crippen molar-refractivity contribution in [2.24, 2.45) is 5.92 Å². The normalized spacial score (nSPS) is 19.5. The molecular weight excluding hydrogens is 218 g/mol. The van der Waals surface area contributed by atoms with Crippen molar-refractivity contribution in [2.45, 2.75) is 13.0 Å². The van der Waals surface area contributed by atoms with Crippen molar-refractivity contribution < 1.29 is 14.3 Å². The van der Waals surface area contributed by atoms with Gasteiger partial charge in [0.05, 0.1) is 13.0 Å². The van der Waals surface area contributed by atoms with Crippen LogP contribution in [0.2, 0.25) is 0 Å². The zero-order valence-electron chi connectivity index (χ0n) is 9.76. The summed E-state index contributed by atoms with van der Waals surface area (Å²) in [5.74, 6) is -0.589. The lowest BCUT2D eigenvalue weighted by atomic mass is 10.1. The van der Waals surface area contributed by atoms with Crippen LogP contribution in [0.25, 0.3) is 0 Å². The zero-order chi connectivity index (χ0) is 12.3. The van der Waals surface area contributed by atoms with Crippen molar-refractivity contribution in [3.63, 3.8) is 0 Å². The van der Waals surface area contributed by atoms with Crippen molar-refractivity contribution in [3.8, 4) is 0 Å². The van der Waals surface area contributed by atoms with Gasteiger partial charge < -0.3 is 9.64 Å². The summed E-state index contributed by atoms with van der Waals surface area (Å²) in [6.45, 7) is 1.02. The number of methoxy groups -OCH3 is 1. The SMILES string of the molecule is COC(=O)[C@H]1CC(=O)N(Cc2ccccc2)C1. The lowest BCUT2D eigenvalue weighted by Crippen LogP contribution is -2.26. The second-order valence-corrected chi connectivity index (χ2v) is 4.18. The summed E-state index contributed by atoms with van der Waals surface area (Å²) in [4.78, 5) is 24.8. The van der Waals surface area contributed by atoms with Crippen LogP contribution < -0.4 is 0 Å². The fourth-order valence-corrected chi connectivity index (χ4v) is 2.05. The van der Waals surface area contributed by atoms with Gasteiger partial charge in [-0.15, -0.1) is 0 Å². The van der Waals surface area contributed by atoms with E-state index in [1.54, 1.807) is 4.90 Å². The van der Waals surface area contributed by atoms with Crippen molar-refractivity contribution in [1.29, 1.82) is 0 Å². The molecule has 1 aliphatic rings. The minimum atomic E-state index is -0.309. The molecule has 1 aromatic carbocycles. The quantitative estimate of drug-likeness (QED) is 0.737. The lowest BCUT2D eigenvalue weighted by molar-refractivity contribution is -0.145. The Morgan fingerprint density at radius 3 is 2.76 bits per heavy atom. The maximum absolute atomic E-state index is 11.7. The van der Waals surface area contributed by atoms with Crippen LogP contribution in [-0.2, 0) is 20.9 Å². The van der Waals surface area contributed by atoms with Crippen LogP contribution in [0, 0.1) is 5.92 Å². The largest absolute Gasteiger partial charge is 0.469 e. The molecule has 4 heteroatoms. The predicted octanol–water partition coefficient (Wildman–Crippen LogP) is 1.21. The van der Waals surface area contributed by atoms with Crippen molar-refractivity contribution in [1.82, 2.24) is 4.90 Å². The fraction of sp³-hybridized carbons (Fsp3) is 0.385. The molecule has 0 bridgehead atoms. The molecule has 1 heterocycles. The number of carbonyl (C=O) groups excluding carboxylic acids is 2. The number of hydrogen-bond donors (Lipinski definition) is 0. The highest BCUT2D eigenvalue weighted by Crippen LogP contribution is 2.20.